The van der Waals surface area contributed by atoms with Crippen LogP contribution < -0.4 is 4.74 Å². The summed E-state index contributed by atoms with van der Waals surface area (Å²) in [5.41, 5.74) is 4.61. The van der Waals surface area contributed by atoms with Crippen molar-refractivity contribution < 1.29 is 13.8 Å². The molecule has 2 heterocycles. The third-order valence-electron chi connectivity index (χ3n) is 4.86. The van der Waals surface area contributed by atoms with Crippen LogP contribution in [0.3, 0.4) is 0 Å². The maximum atomic E-state index is 14.4. The van der Waals surface area contributed by atoms with E-state index in [1.54, 1.807) is 30.0 Å². The SMILES string of the molecule is COc1ccc(-c2nn(-c3ccccc3F)cc2CN(C)Cc2nonc2C)cc1. The predicted molar refractivity (Wildman–Crippen MR) is 110 cm³/mol. The largest absolute Gasteiger partial charge is 0.497 e. The average Bonchev–Trinajstić information content (AvgIpc) is 3.34. The number of benzene rings is 2. The molecule has 0 unspecified atom stereocenters. The highest BCUT2D eigenvalue weighted by Gasteiger charge is 2.17. The van der Waals surface area contributed by atoms with E-state index in [9.17, 15) is 4.39 Å². The number of aromatic nitrogens is 4. The number of ether oxygens (including phenoxy) is 1. The number of hydrogen-bond donors (Lipinski definition) is 0. The smallest absolute Gasteiger partial charge is 0.148 e. The molecule has 4 aromatic rings. The first-order valence-corrected chi connectivity index (χ1v) is 9.49. The van der Waals surface area contributed by atoms with E-state index in [1.165, 1.54) is 6.07 Å². The third kappa shape index (κ3) is 4.08. The maximum Gasteiger partial charge on any atom is 0.148 e. The van der Waals surface area contributed by atoms with Crippen LogP contribution in [0.5, 0.6) is 5.75 Å². The zero-order chi connectivity index (χ0) is 21.1. The zero-order valence-electron chi connectivity index (χ0n) is 17.0. The topological polar surface area (TPSA) is 69.2 Å². The summed E-state index contributed by atoms with van der Waals surface area (Å²) in [6.45, 7) is 3.02. The van der Waals surface area contributed by atoms with Gasteiger partial charge in [0.25, 0.3) is 0 Å². The lowest BCUT2D eigenvalue weighted by Gasteiger charge is -2.15. The summed E-state index contributed by atoms with van der Waals surface area (Å²) in [5.74, 6) is 0.436. The van der Waals surface area contributed by atoms with Crippen molar-refractivity contribution in [1.29, 1.82) is 0 Å². The van der Waals surface area contributed by atoms with Crippen LogP contribution >= 0.6 is 0 Å². The fourth-order valence-electron chi connectivity index (χ4n) is 3.27. The molecule has 0 atom stereocenters. The van der Waals surface area contributed by atoms with Gasteiger partial charge in [-0.1, -0.05) is 22.4 Å². The molecule has 0 aliphatic rings. The van der Waals surface area contributed by atoms with E-state index in [0.717, 1.165) is 34.0 Å². The monoisotopic (exact) mass is 407 g/mol. The Morgan fingerprint density at radius 1 is 1.07 bits per heavy atom. The Labute approximate surface area is 173 Å². The minimum atomic E-state index is -0.328. The van der Waals surface area contributed by atoms with Crippen LogP contribution in [0.25, 0.3) is 16.9 Å². The molecule has 0 radical (unpaired) electrons. The van der Waals surface area contributed by atoms with E-state index in [1.807, 2.05) is 44.4 Å². The minimum absolute atomic E-state index is 0.328. The van der Waals surface area contributed by atoms with Crippen molar-refractivity contribution in [1.82, 2.24) is 25.0 Å². The van der Waals surface area contributed by atoms with E-state index in [-0.39, 0.29) is 5.82 Å². The van der Waals surface area contributed by atoms with Gasteiger partial charge < -0.3 is 4.74 Å². The molecule has 0 spiro atoms. The van der Waals surface area contributed by atoms with E-state index < -0.39 is 0 Å². The van der Waals surface area contributed by atoms with Crippen molar-refractivity contribution in [3.63, 3.8) is 0 Å². The molecule has 0 saturated carbocycles. The van der Waals surface area contributed by atoms with Crippen molar-refractivity contribution in [3.05, 3.63) is 77.5 Å². The summed E-state index contributed by atoms with van der Waals surface area (Å²) in [7, 11) is 3.61. The summed E-state index contributed by atoms with van der Waals surface area (Å²) >= 11 is 0. The van der Waals surface area contributed by atoms with Crippen LogP contribution in [0.4, 0.5) is 4.39 Å². The molecule has 0 bridgehead atoms. The quantitative estimate of drug-likeness (QED) is 0.461. The summed E-state index contributed by atoms with van der Waals surface area (Å²) in [5, 5.41) is 12.5. The maximum absolute atomic E-state index is 14.4. The molecule has 8 heteroatoms. The lowest BCUT2D eigenvalue weighted by atomic mass is 10.1. The van der Waals surface area contributed by atoms with Gasteiger partial charge in [0.2, 0.25) is 0 Å². The first-order chi connectivity index (χ1) is 14.5. The Kier molecular flexibility index (Phi) is 5.58. The molecule has 0 aliphatic carbocycles. The van der Waals surface area contributed by atoms with Gasteiger partial charge in [0, 0.05) is 30.4 Å². The Bertz CT molecular complexity index is 1140. The number of halogens is 1. The molecule has 0 aliphatic heterocycles. The summed E-state index contributed by atoms with van der Waals surface area (Å²) in [6, 6.07) is 14.2. The predicted octanol–water partition coefficient (Wildman–Crippen LogP) is 4.01. The zero-order valence-corrected chi connectivity index (χ0v) is 17.0. The van der Waals surface area contributed by atoms with Gasteiger partial charge in [0.05, 0.1) is 12.8 Å². The van der Waals surface area contributed by atoms with Gasteiger partial charge in [-0.15, -0.1) is 0 Å². The minimum Gasteiger partial charge on any atom is -0.497 e. The standard InChI is InChI=1S/C22H22FN5O2/c1-15-20(26-30-25-15)14-27(2)12-17-13-28(21-7-5-4-6-19(21)23)24-22(17)16-8-10-18(29-3)11-9-16/h4-11,13H,12,14H2,1-3H3. The fourth-order valence-corrected chi connectivity index (χ4v) is 3.27. The lowest BCUT2D eigenvalue weighted by molar-refractivity contribution is 0.279. The average molecular weight is 407 g/mol. The van der Waals surface area contributed by atoms with Gasteiger partial charge in [0.15, 0.2) is 0 Å². The van der Waals surface area contributed by atoms with Gasteiger partial charge in [-0.3, -0.25) is 4.90 Å². The Hall–Kier alpha value is -3.52. The summed E-state index contributed by atoms with van der Waals surface area (Å²) in [4.78, 5) is 2.09. The highest BCUT2D eigenvalue weighted by molar-refractivity contribution is 5.64. The molecule has 154 valence electrons. The van der Waals surface area contributed by atoms with E-state index >= 15 is 0 Å². The fraction of sp³-hybridized carbons (Fsp3) is 0.227. The Morgan fingerprint density at radius 3 is 2.50 bits per heavy atom. The second-order valence-corrected chi connectivity index (χ2v) is 7.10. The molecule has 0 amide bonds. The first-order valence-electron chi connectivity index (χ1n) is 9.49. The third-order valence-corrected chi connectivity index (χ3v) is 4.86. The van der Waals surface area contributed by atoms with Crippen molar-refractivity contribution in [2.24, 2.45) is 0 Å². The van der Waals surface area contributed by atoms with Gasteiger partial charge in [-0.2, -0.15) is 5.10 Å². The normalized spacial score (nSPS) is 11.2. The van der Waals surface area contributed by atoms with Crippen molar-refractivity contribution in [3.8, 4) is 22.7 Å². The molecule has 0 saturated heterocycles. The van der Waals surface area contributed by atoms with Gasteiger partial charge in [0.1, 0.15) is 28.6 Å². The number of nitrogens with zero attached hydrogens (tertiary/aromatic N) is 5. The van der Waals surface area contributed by atoms with E-state index in [0.29, 0.717) is 18.8 Å². The van der Waals surface area contributed by atoms with E-state index in [2.05, 4.69) is 15.2 Å². The van der Waals surface area contributed by atoms with Crippen LogP contribution in [0.1, 0.15) is 17.0 Å². The van der Waals surface area contributed by atoms with Crippen molar-refractivity contribution in [2.75, 3.05) is 14.2 Å². The lowest BCUT2D eigenvalue weighted by Crippen LogP contribution is -2.18. The highest BCUT2D eigenvalue weighted by atomic mass is 19.1. The Balaban J connectivity index is 1.69. The van der Waals surface area contributed by atoms with Gasteiger partial charge >= 0.3 is 0 Å². The number of rotatable bonds is 7. The number of para-hydroxylation sites is 1. The molecule has 0 fully saturated rings. The molecular weight excluding hydrogens is 385 g/mol. The van der Waals surface area contributed by atoms with Crippen LogP contribution in [0.2, 0.25) is 0 Å². The van der Waals surface area contributed by atoms with E-state index in [4.69, 9.17) is 14.5 Å². The van der Waals surface area contributed by atoms with Crippen molar-refractivity contribution in [2.45, 2.75) is 20.0 Å². The van der Waals surface area contributed by atoms with Gasteiger partial charge in [-0.05, 0) is 50.4 Å². The highest BCUT2D eigenvalue weighted by Crippen LogP contribution is 2.27. The molecule has 2 aromatic carbocycles. The van der Waals surface area contributed by atoms with Crippen LogP contribution in [-0.4, -0.2) is 39.2 Å². The molecule has 7 nitrogen and oxygen atoms in total. The number of aryl methyl sites for hydroxylation is 1. The van der Waals surface area contributed by atoms with Crippen LogP contribution in [0.15, 0.2) is 59.4 Å². The Morgan fingerprint density at radius 2 is 1.83 bits per heavy atom. The first kappa shape index (κ1) is 19.8. The summed E-state index contributed by atoms with van der Waals surface area (Å²) in [6.07, 6.45) is 1.86. The molecule has 2 aromatic heterocycles. The second-order valence-electron chi connectivity index (χ2n) is 7.10. The van der Waals surface area contributed by atoms with Crippen LogP contribution in [0, 0.1) is 12.7 Å². The second kappa shape index (κ2) is 8.46. The molecule has 0 N–H and O–H groups in total. The van der Waals surface area contributed by atoms with Crippen LogP contribution in [-0.2, 0) is 13.1 Å². The molecule has 4 rings (SSSR count). The van der Waals surface area contributed by atoms with Gasteiger partial charge in [-0.25, -0.2) is 13.7 Å². The summed E-state index contributed by atoms with van der Waals surface area (Å²) < 4.78 is 26.0. The molecular formula is C22H22FN5O2. The number of hydrogen-bond acceptors (Lipinski definition) is 6. The number of methoxy groups -OCH3 is 1. The molecule has 30 heavy (non-hydrogen) atoms. The van der Waals surface area contributed by atoms with Crippen molar-refractivity contribution >= 4 is 0 Å².